The molecular weight excluding hydrogens is 252 g/mol. The Bertz CT molecular complexity index is 369. The lowest BCUT2D eigenvalue weighted by Crippen LogP contribution is -2.23. The quantitative estimate of drug-likeness (QED) is 0.578. The van der Waals surface area contributed by atoms with Gasteiger partial charge in [0, 0.05) is 11.5 Å². The van der Waals surface area contributed by atoms with Crippen LogP contribution >= 0.6 is 23.1 Å². The Morgan fingerprint density at radius 2 is 2.50 bits per heavy atom. The Kier molecular flexibility index (Phi) is 5.37. The van der Waals surface area contributed by atoms with E-state index in [2.05, 4.69) is 16.2 Å². The van der Waals surface area contributed by atoms with E-state index in [0.29, 0.717) is 16.6 Å². The number of carbonyl (C=O) groups is 1. The molecule has 0 aliphatic carbocycles. The summed E-state index contributed by atoms with van der Waals surface area (Å²) in [5.74, 6) is -0.467. The molecular formula is C9H11ClN2O3S. The number of carbonyl (C=O) groups excluding carboxylic acids is 1. The second-order valence-corrected chi connectivity index (χ2v) is 4.22. The first-order valence-corrected chi connectivity index (χ1v) is 5.66. The van der Waals surface area contributed by atoms with Crippen molar-refractivity contribution in [1.82, 2.24) is 9.59 Å². The van der Waals surface area contributed by atoms with Gasteiger partial charge < -0.3 is 9.47 Å². The SMILES string of the molecule is C=CCOC(C)C(=O)OCc1nnsc1Cl. The molecule has 1 atom stereocenters. The van der Waals surface area contributed by atoms with Crippen LogP contribution in [0.4, 0.5) is 0 Å². The van der Waals surface area contributed by atoms with E-state index >= 15 is 0 Å². The maximum absolute atomic E-state index is 11.4. The summed E-state index contributed by atoms with van der Waals surface area (Å²) in [5.41, 5.74) is 0.455. The Morgan fingerprint density at radius 1 is 1.75 bits per heavy atom. The number of hydrogen-bond donors (Lipinski definition) is 0. The van der Waals surface area contributed by atoms with Gasteiger partial charge in [0.05, 0.1) is 6.61 Å². The topological polar surface area (TPSA) is 61.3 Å². The minimum absolute atomic E-state index is 0.00988. The highest BCUT2D eigenvalue weighted by molar-refractivity contribution is 7.10. The summed E-state index contributed by atoms with van der Waals surface area (Å²) in [7, 11) is 0. The lowest BCUT2D eigenvalue weighted by molar-refractivity contribution is -0.156. The average Bonchev–Trinajstić information content (AvgIpc) is 2.68. The van der Waals surface area contributed by atoms with Crippen LogP contribution in [-0.4, -0.2) is 28.3 Å². The van der Waals surface area contributed by atoms with Crippen molar-refractivity contribution >= 4 is 29.1 Å². The van der Waals surface area contributed by atoms with Gasteiger partial charge in [-0.2, -0.15) is 0 Å². The van der Waals surface area contributed by atoms with Gasteiger partial charge in [0.25, 0.3) is 0 Å². The molecule has 0 amide bonds. The van der Waals surface area contributed by atoms with Gasteiger partial charge in [0.1, 0.15) is 16.6 Å². The Morgan fingerprint density at radius 3 is 3.06 bits per heavy atom. The third kappa shape index (κ3) is 3.88. The smallest absolute Gasteiger partial charge is 0.335 e. The van der Waals surface area contributed by atoms with Crippen molar-refractivity contribution in [1.29, 1.82) is 0 Å². The molecule has 0 saturated heterocycles. The van der Waals surface area contributed by atoms with E-state index in [1.807, 2.05) is 0 Å². The van der Waals surface area contributed by atoms with Crippen molar-refractivity contribution in [2.24, 2.45) is 0 Å². The Hall–Kier alpha value is -0.980. The number of nitrogens with zero attached hydrogens (tertiary/aromatic N) is 2. The lowest BCUT2D eigenvalue weighted by Gasteiger charge is -2.10. The van der Waals surface area contributed by atoms with E-state index in [-0.39, 0.29) is 6.61 Å². The van der Waals surface area contributed by atoms with E-state index in [4.69, 9.17) is 21.1 Å². The molecule has 1 heterocycles. The van der Waals surface area contributed by atoms with Gasteiger partial charge in [0.15, 0.2) is 6.10 Å². The fourth-order valence-electron chi connectivity index (χ4n) is 0.820. The largest absolute Gasteiger partial charge is 0.457 e. The molecule has 0 N–H and O–H groups in total. The second kappa shape index (κ2) is 6.57. The summed E-state index contributed by atoms with van der Waals surface area (Å²) in [6, 6.07) is 0. The number of rotatable bonds is 6. The summed E-state index contributed by atoms with van der Waals surface area (Å²) >= 11 is 6.79. The molecule has 0 aromatic carbocycles. The lowest BCUT2D eigenvalue weighted by atomic mass is 10.4. The fraction of sp³-hybridized carbons (Fsp3) is 0.444. The summed E-state index contributed by atoms with van der Waals surface area (Å²) in [6.07, 6.45) is 0.925. The summed E-state index contributed by atoms with van der Waals surface area (Å²) < 4.78 is 14.1. The zero-order chi connectivity index (χ0) is 12.0. The molecule has 0 aliphatic heterocycles. The fourth-order valence-corrected chi connectivity index (χ4v) is 1.42. The van der Waals surface area contributed by atoms with Gasteiger partial charge in [-0.05, 0) is 6.92 Å². The highest BCUT2D eigenvalue weighted by Crippen LogP contribution is 2.17. The normalized spacial score (nSPS) is 12.1. The van der Waals surface area contributed by atoms with Crippen LogP contribution in [0.25, 0.3) is 0 Å². The summed E-state index contributed by atoms with van der Waals surface area (Å²) in [6.45, 7) is 5.39. The number of esters is 1. The first-order valence-electron chi connectivity index (χ1n) is 4.51. The zero-order valence-corrected chi connectivity index (χ0v) is 10.3. The van der Waals surface area contributed by atoms with Gasteiger partial charge in [-0.15, -0.1) is 11.7 Å². The van der Waals surface area contributed by atoms with Crippen LogP contribution in [0.3, 0.4) is 0 Å². The third-order valence-corrected chi connectivity index (χ3v) is 2.64. The summed E-state index contributed by atoms with van der Waals surface area (Å²) in [4.78, 5) is 11.4. The second-order valence-electron chi connectivity index (χ2n) is 2.87. The predicted molar refractivity (Wildman–Crippen MR) is 60.3 cm³/mol. The van der Waals surface area contributed by atoms with E-state index in [0.717, 1.165) is 11.5 Å². The van der Waals surface area contributed by atoms with Gasteiger partial charge in [-0.3, -0.25) is 0 Å². The molecule has 1 unspecified atom stereocenters. The zero-order valence-electron chi connectivity index (χ0n) is 8.68. The molecule has 1 aromatic rings. The van der Waals surface area contributed by atoms with E-state index in [1.165, 1.54) is 0 Å². The van der Waals surface area contributed by atoms with Gasteiger partial charge in [-0.1, -0.05) is 22.2 Å². The van der Waals surface area contributed by atoms with Gasteiger partial charge >= 0.3 is 5.97 Å². The first-order chi connectivity index (χ1) is 7.65. The van der Waals surface area contributed by atoms with Crippen LogP contribution in [0.15, 0.2) is 12.7 Å². The van der Waals surface area contributed by atoms with E-state index in [9.17, 15) is 4.79 Å². The number of aromatic nitrogens is 2. The van der Waals surface area contributed by atoms with Crippen molar-refractivity contribution in [2.45, 2.75) is 19.6 Å². The van der Waals surface area contributed by atoms with Crippen molar-refractivity contribution in [3.05, 3.63) is 22.7 Å². The van der Waals surface area contributed by atoms with Crippen LogP contribution in [0.2, 0.25) is 4.34 Å². The van der Waals surface area contributed by atoms with Crippen LogP contribution in [-0.2, 0) is 20.9 Å². The molecule has 1 rings (SSSR count). The number of ether oxygens (including phenoxy) is 2. The maximum atomic E-state index is 11.4. The van der Waals surface area contributed by atoms with Crippen molar-refractivity contribution in [3.63, 3.8) is 0 Å². The van der Waals surface area contributed by atoms with Crippen LogP contribution in [0, 0.1) is 0 Å². The van der Waals surface area contributed by atoms with Gasteiger partial charge in [0.2, 0.25) is 0 Å². The molecule has 88 valence electrons. The molecule has 0 fully saturated rings. The highest BCUT2D eigenvalue weighted by atomic mass is 35.5. The van der Waals surface area contributed by atoms with E-state index in [1.54, 1.807) is 13.0 Å². The van der Waals surface area contributed by atoms with Gasteiger partial charge in [-0.25, -0.2) is 4.79 Å². The molecule has 0 aliphatic rings. The predicted octanol–water partition coefficient (Wildman–Crippen LogP) is 1.83. The Balaban J connectivity index is 2.35. The average molecular weight is 263 g/mol. The molecule has 16 heavy (non-hydrogen) atoms. The summed E-state index contributed by atoms with van der Waals surface area (Å²) in [5, 5.41) is 3.71. The van der Waals surface area contributed by atoms with E-state index < -0.39 is 12.1 Å². The van der Waals surface area contributed by atoms with Crippen LogP contribution < -0.4 is 0 Å². The third-order valence-electron chi connectivity index (χ3n) is 1.66. The molecule has 5 nitrogen and oxygen atoms in total. The monoisotopic (exact) mass is 262 g/mol. The van der Waals surface area contributed by atoms with Crippen molar-refractivity contribution in [2.75, 3.05) is 6.61 Å². The van der Waals surface area contributed by atoms with Crippen molar-refractivity contribution < 1.29 is 14.3 Å². The first kappa shape index (κ1) is 13.1. The molecule has 7 heteroatoms. The minimum atomic E-state index is -0.636. The number of halogens is 1. The standard InChI is InChI=1S/C9H11ClN2O3S/c1-3-4-14-6(2)9(13)15-5-7-8(10)16-12-11-7/h3,6H,1,4-5H2,2H3. The van der Waals surface area contributed by atoms with Crippen LogP contribution in [0.1, 0.15) is 12.6 Å². The molecule has 0 radical (unpaired) electrons. The molecule has 0 bridgehead atoms. The molecule has 1 aromatic heterocycles. The van der Waals surface area contributed by atoms with Crippen molar-refractivity contribution in [3.8, 4) is 0 Å². The molecule has 0 saturated carbocycles. The maximum Gasteiger partial charge on any atom is 0.335 e. The van der Waals surface area contributed by atoms with Crippen LogP contribution in [0.5, 0.6) is 0 Å². The highest BCUT2D eigenvalue weighted by Gasteiger charge is 2.16. The number of hydrogen-bond acceptors (Lipinski definition) is 6. The molecule has 0 spiro atoms. The minimum Gasteiger partial charge on any atom is -0.457 e. The Labute approximate surface area is 102 Å².